The van der Waals surface area contributed by atoms with Crippen molar-refractivity contribution in [2.75, 3.05) is 32.2 Å². The Balaban J connectivity index is 2.01. The molecule has 2 rings (SSSR count). The number of aromatic amines is 1. The monoisotopic (exact) mass is 261 g/mol. The summed E-state index contributed by atoms with van der Waals surface area (Å²) in [6.07, 6.45) is 0. The topological polar surface area (TPSA) is 59.2 Å². The predicted octanol–water partition coefficient (Wildman–Crippen LogP) is 2.53. The first-order valence-electron chi connectivity index (χ1n) is 6.35. The third-order valence-corrected chi connectivity index (χ3v) is 2.67. The number of hydrogen-bond donors (Lipinski definition) is 2. The highest BCUT2D eigenvalue weighted by molar-refractivity contribution is 5.63. The normalized spacial score (nSPS) is 10.4. The molecule has 0 saturated heterocycles. The SMILES string of the molecule is CCOc1ccc(-c2cc(NCCOC)n[nH]2)cc1. The van der Waals surface area contributed by atoms with Crippen LogP contribution < -0.4 is 10.1 Å². The van der Waals surface area contributed by atoms with Crippen LogP contribution in [0.3, 0.4) is 0 Å². The van der Waals surface area contributed by atoms with Crippen molar-refractivity contribution in [3.63, 3.8) is 0 Å². The lowest BCUT2D eigenvalue weighted by Gasteiger charge is -2.03. The molecule has 0 aliphatic heterocycles. The molecular formula is C14H19N3O2. The number of H-pyrrole nitrogens is 1. The molecule has 0 atom stereocenters. The Kier molecular flexibility index (Phi) is 4.80. The van der Waals surface area contributed by atoms with Crippen LogP contribution in [0.15, 0.2) is 30.3 Å². The van der Waals surface area contributed by atoms with Gasteiger partial charge in [0.25, 0.3) is 0 Å². The van der Waals surface area contributed by atoms with E-state index in [1.165, 1.54) is 0 Å². The van der Waals surface area contributed by atoms with Crippen molar-refractivity contribution in [1.82, 2.24) is 10.2 Å². The first kappa shape index (κ1) is 13.4. The summed E-state index contributed by atoms with van der Waals surface area (Å²) in [7, 11) is 1.68. The van der Waals surface area contributed by atoms with Crippen molar-refractivity contribution >= 4 is 5.82 Å². The highest BCUT2D eigenvalue weighted by Crippen LogP contribution is 2.22. The summed E-state index contributed by atoms with van der Waals surface area (Å²) in [6, 6.07) is 9.91. The molecule has 0 radical (unpaired) electrons. The minimum Gasteiger partial charge on any atom is -0.494 e. The molecule has 1 aromatic heterocycles. The fourth-order valence-electron chi connectivity index (χ4n) is 1.74. The van der Waals surface area contributed by atoms with Crippen molar-refractivity contribution in [3.05, 3.63) is 30.3 Å². The Morgan fingerprint density at radius 3 is 2.74 bits per heavy atom. The largest absolute Gasteiger partial charge is 0.494 e. The molecule has 0 unspecified atom stereocenters. The van der Waals surface area contributed by atoms with E-state index < -0.39 is 0 Å². The smallest absolute Gasteiger partial charge is 0.148 e. The molecule has 1 heterocycles. The van der Waals surface area contributed by atoms with Crippen LogP contribution in [0.1, 0.15) is 6.92 Å². The minimum absolute atomic E-state index is 0.658. The van der Waals surface area contributed by atoms with Gasteiger partial charge >= 0.3 is 0 Å². The molecule has 19 heavy (non-hydrogen) atoms. The van der Waals surface area contributed by atoms with E-state index in [9.17, 15) is 0 Å². The molecule has 5 heteroatoms. The molecule has 0 amide bonds. The van der Waals surface area contributed by atoms with Gasteiger partial charge in [-0.15, -0.1) is 0 Å². The zero-order chi connectivity index (χ0) is 13.5. The van der Waals surface area contributed by atoms with E-state index in [0.29, 0.717) is 13.2 Å². The number of ether oxygens (including phenoxy) is 2. The fourth-order valence-corrected chi connectivity index (χ4v) is 1.74. The molecule has 0 aliphatic rings. The number of aromatic nitrogens is 2. The minimum atomic E-state index is 0.658. The number of benzene rings is 1. The fraction of sp³-hybridized carbons (Fsp3) is 0.357. The average Bonchev–Trinajstić information content (AvgIpc) is 2.89. The number of anilines is 1. The van der Waals surface area contributed by atoms with Crippen LogP contribution in [0.2, 0.25) is 0 Å². The number of methoxy groups -OCH3 is 1. The van der Waals surface area contributed by atoms with Crippen molar-refractivity contribution in [2.45, 2.75) is 6.92 Å². The Morgan fingerprint density at radius 2 is 2.05 bits per heavy atom. The van der Waals surface area contributed by atoms with E-state index in [1.807, 2.05) is 37.3 Å². The maximum Gasteiger partial charge on any atom is 0.148 e. The maximum absolute atomic E-state index is 5.42. The molecule has 2 aromatic rings. The average molecular weight is 261 g/mol. The van der Waals surface area contributed by atoms with Gasteiger partial charge < -0.3 is 14.8 Å². The second-order valence-electron chi connectivity index (χ2n) is 4.04. The number of nitrogens with one attached hydrogen (secondary N) is 2. The molecule has 0 spiro atoms. The molecule has 1 aromatic carbocycles. The molecule has 5 nitrogen and oxygen atoms in total. The maximum atomic E-state index is 5.42. The number of hydrogen-bond acceptors (Lipinski definition) is 4. The molecule has 0 aliphatic carbocycles. The third kappa shape index (κ3) is 3.72. The second-order valence-corrected chi connectivity index (χ2v) is 4.04. The lowest BCUT2D eigenvalue weighted by atomic mass is 10.1. The van der Waals surface area contributed by atoms with E-state index in [4.69, 9.17) is 9.47 Å². The zero-order valence-electron chi connectivity index (χ0n) is 11.3. The molecular weight excluding hydrogens is 242 g/mol. The summed E-state index contributed by atoms with van der Waals surface area (Å²) in [4.78, 5) is 0. The summed E-state index contributed by atoms with van der Waals surface area (Å²) in [5.41, 5.74) is 2.05. The summed E-state index contributed by atoms with van der Waals surface area (Å²) in [5.74, 6) is 1.70. The molecule has 102 valence electrons. The van der Waals surface area contributed by atoms with Crippen LogP contribution in [0.4, 0.5) is 5.82 Å². The molecule has 0 fully saturated rings. The Hall–Kier alpha value is -2.01. The van der Waals surface area contributed by atoms with Gasteiger partial charge in [-0.3, -0.25) is 5.10 Å². The lowest BCUT2D eigenvalue weighted by molar-refractivity contribution is 0.210. The first-order chi connectivity index (χ1) is 9.33. The summed E-state index contributed by atoms with van der Waals surface area (Å²) in [6.45, 7) is 4.05. The predicted molar refractivity (Wildman–Crippen MR) is 75.6 cm³/mol. The van der Waals surface area contributed by atoms with Gasteiger partial charge in [0, 0.05) is 19.7 Å². The van der Waals surface area contributed by atoms with Crippen LogP contribution in [-0.2, 0) is 4.74 Å². The van der Waals surface area contributed by atoms with E-state index in [0.717, 1.165) is 29.4 Å². The zero-order valence-corrected chi connectivity index (χ0v) is 11.3. The summed E-state index contributed by atoms with van der Waals surface area (Å²) in [5, 5.41) is 10.4. The van der Waals surface area contributed by atoms with E-state index in [1.54, 1.807) is 7.11 Å². The van der Waals surface area contributed by atoms with Gasteiger partial charge in [-0.1, -0.05) is 0 Å². The van der Waals surface area contributed by atoms with Gasteiger partial charge in [0.1, 0.15) is 11.6 Å². The number of nitrogens with zero attached hydrogens (tertiary/aromatic N) is 1. The van der Waals surface area contributed by atoms with E-state index in [-0.39, 0.29) is 0 Å². The van der Waals surface area contributed by atoms with Crippen LogP contribution in [-0.4, -0.2) is 37.1 Å². The summed E-state index contributed by atoms with van der Waals surface area (Å²) >= 11 is 0. The van der Waals surface area contributed by atoms with Crippen LogP contribution in [0.25, 0.3) is 11.3 Å². The van der Waals surface area contributed by atoms with Crippen LogP contribution in [0, 0.1) is 0 Å². The van der Waals surface area contributed by atoms with Crippen molar-refractivity contribution in [3.8, 4) is 17.0 Å². The van der Waals surface area contributed by atoms with Crippen molar-refractivity contribution in [1.29, 1.82) is 0 Å². The molecule has 0 saturated carbocycles. The summed E-state index contributed by atoms with van der Waals surface area (Å²) < 4.78 is 10.4. The Morgan fingerprint density at radius 1 is 1.26 bits per heavy atom. The number of rotatable bonds is 7. The van der Waals surface area contributed by atoms with Gasteiger partial charge in [-0.2, -0.15) is 5.10 Å². The van der Waals surface area contributed by atoms with Crippen molar-refractivity contribution in [2.24, 2.45) is 0 Å². The van der Waals surface area contributed by atoms with E-state index in [2.05, 4.69) is 15.5 Å². The van der Waals surface area contributed by atoms with Crippen molar-refractivity contribution < 1.29 is 9.47 Å². The van der Waals surface area contributed by atoms with Gasteiger partial charge in [-0.05, 0) is 36.8 Å². The standard InChI is InChI=1S/C14H19N3O2/c1-3-19-12-6-4-11(5-7-12)13-10-14(17-16-13)15-8-9-18-2/h4-7,10H,3,8-9H2,1-2H3,(H2,15,16,17). The van der Waals surface area contributed by atoms with Crippen LogP contribution in [0.5, 0.6) is 5.75 Å². The Labute approximate surface area is 112 Å². The Bertz CT molecular complexity index is 494. The van der Waals surface area contributed by atoms with Gasteiger partial charge in [0.2, 0.25) is 0 Å². The van der Waals surface area contributed by atoms with Gasteiger partial charge in [-0.25, -0.2) is 0 Å². The lowest BCUT2D eigenvalue weighted by Crippen LogP contribution is -2.07. The highest BCUT2D eigenvalue weighted by Gasteiger charge is 2.03. The van der Waals surface area contributed by atoms with E-state index >= 15 is 0 Å². The first-order valence-corrected chi connectivity index (χ1v) is 6.35. The molecule has 2 N–H and O–H groups in total. The highest BCUT2D eigenvalue weighted by atomic mass is 16.5. The van der Waals surface area contributed by atoms with Gasteiger partial charge in [0.15, 0.2) is 0 Å². The third-order valence-electron chi connectivity index (χ3n) is 2.67. The molecule has 0 bridgehead atoms. The van der Waals surface area contributed by atoms with Gasteiger partial charge in [0.05, 0.1) is 18.9 Å². The quantitative estimate of drug-likeness (QED) is 0.752. The van der Waals surface area contributed by atoms with Crippen LogP contribution >= 0.6 is 0 Å². The second kappa shape index (κ2) is 6.80.